The zero-order valence-electron chi connectivity index (χ0n) is 23.0. The van der Waals surface area contributed by atoms with Gasteiger partial charge in [-0.3, -0.25) is 4.79 Å². The summed E-state index contributed by atoms with van der Waals surface area (Å²) in [5.74, 6) is 0.630. The van der Waals surface area contributed by atoms with E-state index >= 15 is 0 Å². The van der Waals surface area contributed by atoms with Crippen molar-refractivity contribution in [3.8, 4) is 16.9 Å². The molecule has 0 amide bonds. The van der Waals surface area contributed by atoms with Gasteiger partial charge in [-0.25, -0.2) is 8.42 Å². The molecular weight excluding hydrogens is 502 g/mol. The highest BCUT2D eigenvalue weighted by atomic mass is 32.2. The van der Waals surface area contributed by atoms with E-state index in [0.717, 1.165) is 36.6 Å². The minimum Gasteiger partial charge on any atom is -0.490 e. The molecule has 1 aliphatic carbocycles. The number of pyridine rings is 1. The Labute approximate surface area is 221 Å². The first kappa shape index (κ1) is 27.6. The zero-order valence-corrected chi connectivity index (χ0v) is 24.8. The van der Waals surface area contributed by atoms with E-state index in [1.54, 1.807) is 37.5 Å². The van der Waals surface area contributed by atoms with Gasteiger partial charge in [-0.15, -0.1) is 0 Å². The molecule has 0 atom stereocenters. The zero-order chi connectivity index (χ0) is 27.2. The molecule has 37 heavy (non-hydrogen) atoms. The van der Waals surface area contributed by atoms with Crippen LogP contribution in [0.2, 0.25) is 18.1 Å². The van der Waals surface area contributed by atoms with E-state index in [2.05, 4.69) is 33.9 Å². The fourth-order valence-corrected chi connectivity index (χ4v) is 6.79. The standard InChI is InChI=1S/C29H39NO5SSi/c1-29(2,3)37(6,7)35-21-14-12-20(13-15-21)34-27-17-16-22(36(5,32)33)18-25(27)26-19-30(4)28(31)24-11-9-8-10-23(24)26/h8-11,16-21H,12-15H2,1-7H3. The molecular formula is C29H39NO5SSi. The van der Waals surface area contributed by atoms with E-state index in [0.29, 0.717) is 16.7 Å². The van der Waals surface area contributed by atoms with E-state index in [1.165, 1.54) is 10.8 Å². The maximum atomic E-state index is 12.8. The van der Waals surface area contributed by atoms with Crippen LogP contribution < -0.4 is 10.3 Å². The van der Waals surface area contributed by atoms with Crippen LogP contribution in [0.25, 0.3) is 21.9 Å². The molecule has 0 spiro atoms. The number of benzene rings is 2. The quantitative estimate of drug-likeness (QED) is 0.341. The molecule has 0 bridgehead atoms. The highest BCUT2D eigenvalue weighted by Gasteiger charge is 2.40. The molecule has 2 aromatic carbocycles. The molecule has 1 aromatic heterocycles. The van der Waals surface area contributed by atoms with E-state index in [-0.39, 0.29) is 27.7 Å². The molecule has 8 heteroatoms. The molecule has 0 aliphatic heterocycles. The largest absolute Gasteiger partial charge is 0.490 e. The van der Waals surface area contributed by atoms with E-state index in [1.807, 2.05) is 18.2 Å². The van der Waals surface area contributed by atoms with Gasteiger partial charge in [-0.2, -0.15) is 0 Å². The van der Waals surface area contributed by atoms with Gasteiger partial charge in [0, 0.05) is 42.1 Å². The van der Waals surface area contributed by atoms with Crippen molar-refractivity contribution in [1.82, 2.24) is 4.57 Å². The molecule has 1 fully saturated rings. The summed E-state index contributed by atoms with van der Waals surface area (Å²) in [5, 5.41) is 1.53. The number of aryl methyl sites for hydroxylation is 1. The number of aromatic nitrogens is 1. The Balaban J connectivity index is 1.66. The molecule has 0 N–H and O–H groups in total. The summed E-state index contributed by atoms with van der Waals surface area (Å²) in [6.07, 6.45) is 6.87. The van der Waals surface area contributed by atoms with Crippen molar-refractivity contribution in [3.63, 3.8) is 0 Å². The van der Waals surface area contributed by atoms with Crippen molar-refractivity contribution < 1.29 is 17.6 Å². The van der Waals surface area contributed by atoms with Gasteiger partial charge in [0.15, 0.2) is 18.2 Å². The van der Waals surface area contributed by atoms with Crippen LogP contribution in [0.15, 0.2) is 58.4 Å². The molecule has 1 saturated carbocycles. The third kappa shape index (κ3) is 5.86. The highest BCUT2D eigenvalue weighted by molar-refractivity contribution is 7.90. The van der Waals surface area contributed by atoms with Crippen LogP contribution in [0.3, 0.4) is 0 Å². The van der Waals surface area contributed by atoms with Crippen LogP contribution in [0, 0.1) is 0 Å². The number of rotatable bonds is 6. The van der Waals surface area contributed by atoms with Crippen molar-refractivity contribution in [2.24, 2.45) is 7.05 Å². The molecule has 0 saturated heterocycles. The van der Waals surface area contributed by atoms with Crippen LogP contribution in [-0.4, -0.2) is 39.8 Å². The first-order valence-electron chi connectivity index (χ1n) is 12.9. The van der Waals surface area contributed by atoms with Crippen LogP contribution in [0.4, 0.5) is 0 Å². The van der Waals surface area contributed by atoms with Gasteiger partial charge in [0.05, 0.1) is 11.0 Å². The number of nitrogens with zero attached hydrogens (tertiary/aromatic N) is 1. The topological polar surface area (TPSA) is 74.6 Å². The van der Waals surface area contributed by atoms with Crippen molar-refractivity contribution in [2.75, 3.05) is 6.26 Å². The predicted molar refractivity (Wildman–Crippen MR) is 153 cm³/mol. The van der Waals surface area contributed by atoms with Gasteiger partial charge in [0.2, 0.25) is 0 Å². The third-order valence-corrected chi connectivity index (χ3v) is 13.6. The van der Waals surface area contributed by atoms with Gasteiger partial charge in [-0.1, -0.05) is 39.0 Å². The summed E-state index contributed by atoms with van der Waals surface area (Å²) in [6, 6.07) is 12.4. The lowest BCUT2D eigenvalue weighted by Crippen LogP contribution is -2.45. The minimum atomic E-state index is -3.43. The maximum absolute atomic E-state index is 12.8. The second kappa shape index (κ2) is 10.0. The number of fused-ring (bicyclic) bond motifs is 1. The Morgan fingerprint density at radius 2 is 1.51 bits per heavy atom. The van der Waals surface area contributed by atoms with Gasteiger partial charge in [0.25, 0.3) is 5.56 Å². The van der Waals surface area contributed by atoms with Crippen molar-refractivity contribution >= 4 is 28.9 Å². The van der Waals surface area contributed by atoms with Crippen LogP contribution in [0.1, 0.15) is 46.5 Å². The molecule has 1 aliphatic rings. The third-order valence-electron chi connectivity index (χ3n) is 7.94. The van der Waals surface area contributed by atoms with Crippen LogP contribution in [-0.2, 0) is 21.3 Å². The molecule has 0 unspecified atom stereocenters. The summed E-state index contributed by atoms with van der Waals surface area (Å²) < 4.78 is 39.6. The number of sulfone groups is 1. The molecule has 0 radical (unpaired) electrons. The van der Waals surface area contributed by atoms with Crippen molar-refractivity contribution in [1.29, 1.82) is 0 Å². The average molecular weight is 542 g/mol. The number of ether oxygens (including phenoxy) is 1. The van der Waals surface area contributed by atoms with Gasteiger partial charge in [-0.05, 0) is 73.5 Å². The SMILES string of the molecule is Cn1cc(-c2cc(S(C)(=O)=O)ccc2OC2CCC(O[Si](C)(C)C(C)(C)C)CC2)c2ccccc2c1=O. The van der Waals surface area contributed by atoms with E-state index < -0.39 is 18.2 Å². The summed E-state index contributed by atoms with van der Waals surface area (Å²) in [5.41, 5.74) is 1.35. The Kier molecular flexibility index (Phi) is 7.49. The number of hydrogen-bond acceptors (Lipinski definition) is 5. The lowest BCUT2D eigenvalue weighted by Gasteiger charge is -2.41. The second-order valence-corrected chi connectivity index (χ2v) is 18.6. The molecule has 1 heterocycles. The molecule has 6 nitrogen and oxygen atoms in total. The highest BCUT2D eigenvalue weighted by Crippen LogP contribution is 2.41. The Morgan fingerprint density at radius 3 is 2.11 bits per heavy atom. The Morgan fingerprint density at radius 1 is 0.919 bits per heavy atom. The summed E-state index contributed by atoms with van der Waals surface area (Å²) in [6.45, 7) is 11.4. The first-order valence-corrected chi connectivity index (χ1v) is 17.7. The lowest BCUT2D eigenvalue weighted by molar-refractivity contribution is 0.0728. The fourth-order valence-electron chi connectivity index (χ4n) is 4.72. The Hall–Kier alpha value is -2.42. The average Bonchev–Trinajstić information content (AvgIpc) is 2.81. The van der Waals surface area contributed by atoms with Gasteiger partial charge in [0.1, 0.15) is 5.75 Å². The summed E-state index contributed by atoms with van der Waals surface area (Å²) in [7, 11) is -3.54. The van der Waals surface area contributed by atoms with Crippen molar-refractivity contribution in [2.45, 2.75) is 81.7 Å². The smallest absolute Gasteiger partial charge is 0.258 e. The summed E-state index contributed by atoms with van der Waals surface area (Å²) in [4.78, 5) is 13.0. The second-order valence-electron chi connectivity index (χ2n) is 11.8. The first-order chi connectivity index (χ1) is 17.2. The lowest BCUT2D eigenvalue weighted by atomic mass is 9.94. The monoisotopic (exact) mass is 541 g/mol. The summed E-state index contributed by atoms with van der Waals surface area (Å²) >= 11 is 0. The Bertz CT molecular complexity index is 1460. The minimum absolute atomic E-state index is 0.0147. The fraction of sp³-hybridized carbons (Fsp3) is 0.483. The molecule has 200 valence electrons. The molecule has 4 rings (SSSR count). The van der Waals surface area contributed by atoms with Gasteiger partial charge < -0.3 is 13.7 Å². The van der Waals surface area contributed by atoms with E-state index in [4.69, 9.17) is 9.16 Å². The van der Waals surface area contributed by atoms with Crippen LogP contribution in [0.5, 0.6) is 5.75 Å². The number of hydrogen-bond donors (Lipinski definition) is 0. The normalized spacial score (nSPS) is 19.2. The van der Waals surface area contributed by atoms with Crippen molar-refractivity contribution in [3.05, 3.63) is 59.0 Å². The van der Waals surface area contributed by atoms with E-state index in [9.17, 15) is 13.2 Å². The van der Waals surface area contributed by atoms with Crippen LogP contribution >= 0.6 is 0 Å². The maximum Gasteiger partial charge on any atom is 0.258 e. The predicted octanol–water partition coefficient (Wildman–Crippen LogP) is 6.32. The molecule has 3 aromatic rings. The van der Waals surface area contributed by atoms with Gasteiger partial charge >= 0.3 is 0 Å².